The van der Waals surface area contributed by atoms with Crippen LogP contribution in [0.2, 0.25) is 0 Å². The van der Waals surface area contributed by atoms with E-state index in [2.05, 4.69) is 10.4 Å². The summed E-state index contributed by atoms with van der Waals surface area (Å²) < 4.78 is 1.74. The number of carboxylic acid groups (broad SMARTS) is 1. The van der Waals surface area contributed by atoms with E-state index in [0.717, 1.165) is 0 Å². The molecule has 6 heteroatoms. The molecule has 0 spiro atoms. The average Bonchev–Trinajstić information content (AvgIpc) is 2.97. The fourth-order valence-electron chi connectivity index (χ4n) is 2.10. The third-order valence-electron chi connectivity index (χ3n) is 3.93. The van der Waals surface area contributed by atoms with E-state index >= 15 is 0 Å². The van der Waals surface area contributed by atoms with Gasteiger partial charge in [-0.3, -0.25) is 14.3 Å². The molecule has 6 nitrogen and oxygen atoms in total. The van der Waals surface area contributed by atoms with E-state index in [1.807, 2.05) is 20.8 Å². The molecule has 1 aromatic carbocycles. The first kappa shape index (κ1) is 17.7. The molecule has 1 heterocycles. The second-order valence-electron chi connectivity index (χ2n) is 7.31. The molecule has 2 rings (SSSR count). The maximum Gasteiger partial charge on any atom is 0.313 e. The number of carbonyl (C=O) groups excluding carboxylic acids is 1. The summed E-state index contributed by atoms with van der Waals surface area (Å²) in [5.41, 5.74) is 0.584. The van der Waals surface area contributed by atoms with E-state index in [-0.39, 0.29) is 11.4 Å². The molecular formula is C18H23N3O3. The van der Waals surface area contributed by atoms with E-state index in [0.29, 0.717) is 16.8 Å². The number of aromatic nitrogens is 2. The smallest absolute Gasteiger partial charge is 0.313 e. The zero-order chi connectivity index (χ0) is 18.1. The molecule has 1 amide bonds. The maximum atomic E-state index is 12.3. The molecule has 2 aromatic rings. The molecule has 0 aliphatic rings. The normalized spacial score (nSPS) is 12.0. The van der Waals surface area contributed by atoms with Crippen molar-refractivity contribution in [3.05, 3.63) is 47.8 Å². The number of carboxylic acids is 1. The lowest BCUT2D eigenvalue weighted by atomic mass is 9.85. The van der Waals surface area contributed by atoms with Crippen LogP contribution in [0.3, 0.4) is 0 Å². The molecule has 0 radical (unpaired) electrons. The van der Waals surface area contributed by atoms with Crippen LogP contribution in [0, 0.1) is 0 Å². The molecule has 128 valence electrons. The quantitative estimate of drug-likeness (QED) is 0.902. The molecule has 24 heavy (non-hydrogen) atoms. The summed E-state index contributed by atoms with van der Waals surface area (Å²) in [4.78, 5) is 23.6. The molecule has 0 saturated carbocycles. The summed E-state index contributed by atoms with van der Waals surface area (Å²) in [6.45, 7) is 9.30. The van der Waals surface area contributed by atoms with E-state index < -0.39 is 11.4 Å². The molecule has 0 bridgehead atoms. The van der Waals surface area contributed by atoms with Gasteiger partial charge in [0, 0.05) is 11.9 Å². The average molecular weight is 329 g/mol. The third kappa shape index (κ3) is 3.64. The molecule has 0 atom stereocenters. The highest BCUT2D eigenvalue weighted by atomic mass is 16.4. The van der Waals surface area contributed by atoms with Gasteiger partial charge in [-0.25, -0.2) is 0 Å². The predicted molar refractivity (Wildman–Crippen MR) is 92.3 cm³/mol. The standard InChI is InChI=1S/C18H23N3O3/c1-17(2,3)21-11-12(10-19-21)15(22)20-14-8-6-13(7-9-14)18(4,5)16(23)24/h6-11H,1-5H3,(H,20,22)(H,23,24). The van der Waals surface area contributed by atoms with Gasteiger partial charge in [0.05, 0.1) is 22.7 Å². The van der Waals surface area contributed by atoms with Gasteiger partial charge in [-0.05, 0) is 52.3 Å². The van der Waals surface area contributed by atoms with Crippen molar-refractivity contribution >= 4 is 17.6 Å². The van der Waals surface area contributed by atoms with Crippen LogP contribution >= 0.6 is 0 Å². The van der Waals surface area contributed by atoms with Gasteiger partial charge in [-0.15, -0.1) is 0 Å². The Morgan fingerprint density at radius 1 is 1.08 bits per heavy atom. The number of rotatable bonds is 4. The van der Waals surface area contributed by atoms with E-state index in [1.165, 1.54) is 6.20 Å². The third-order valence-corrected chi connectivity index (χ3v) is 3.93. The first-order valence-electron chi connectivity index (χ1n) is 7.72. The van der Waals surface area contributed by atoms with Crippen LogP contribution in [-0.2, 0) is 15.7 Å². The van der Waals surface area contributed by atoms with Crippen LogP contribution in [0.15, 0.2) is 36.7 Å². The highest BCUT2D eigenvalue weighted by molar-refractivity contribution is 6.03. The van der Waals surface area contributed by atoms with Crippen LogP contribution in [0.5, 0.6) is 0 Å². The Bertz CT molecular complexity index is 753. The van der Waals surface area contributed by atoms with E-state index in [4.69, 9.17) is 0 Å². The van der Waals surface area contributed by atoms with Gasteiger partial charge in [0.15, 0.2) is 0 Å². The zero-order valence-corrected chi connectivity index (χ0v) is 14.6. The highest BCUT2D eigenvalue weighted by Crippen LogP contribution is 2.25. The summed E-state index contributed by atoms with van der Waals surface area (Å²) in [5.74, 6) is -1.15. The minimum Gasteiger partial charge on any atom is -0.481 e. The van der Waals surface area contributed by atoms with Crippen LogP contribution in [-0.4, -0.2) is 26.8 Å². The summed E-state index contributed by atoms with van der Waals surface area (Å²) in [6, 6.07) is 6.82. The number of aliphatic carboxylic acids is 1. The van der Waals surface area contributed by atoms with Crippen molar-refractivity contribution in [3.63, 3.8) is 0 Å². The lowest BCUT2D eigenvalue weighted by Gasteiger charge is -2.20. The first-order chi connectivity index (χ1) is 11.0. The Hall–Kier alpha value is -2.63. The number of hydrogen-bond acceptors (Lipinski definition) is 3. The number of hydrogen-bond donors (Lipinski definition) is 2. The number of nitrogens with zero attached hydrogens (tertiary/aromatic N) is 2. The molecule has 0 unspecified atom stereocenters. The molecule has 1 aromatic heterocycles. The second kappa shape index (κ2) is 6.11. The summed E-state index contributed by atoms with van der Waals surface area (Å²) >= 11 is 0. The van der Waals surface area contributed by atoms with Crippen LogP contribution < -0.4 is 5.32 Å². The van der Waals surface area contributed by atoms with Crippen molar-refractivity contribution in [2.45, 2.75) is 45.6 Å². The van der Waals surface area contributed by atoms with Crippen molar-refractivity contribution in [2.24, 2.45) is 0 Å². The maximum absolute atomic E-state index is 12.3. The molecule has 0 saturated heterocycles. The van der Waals surface area contributed by atoms with Crippen molar-refractivity contribution < 1.29 is 14.7 Å². The molecule has 0 fully saturated rings. The fraction of sp³-hybridized carbons (Fsp3) is 0.389. The SMILES string of the molecule is CC(C)(C(=O)O)c1ccc(NC(=O)c2cnn(C(C)(C)C)c2)cc1. The van der Waals surface area contributed by atoms with Crippen LogP contribution in [0.4, 0.5) is 5.69 Å². The highest BCUT2D eigenvalue weighted by Gasteiger charge is 2.29. The number of amides is 1. The van der Waals surface area contributed by atoms with Crippen molar-refractivity contribution in [1.29, 1.82) is 0 Å². The first-order valence-corrected chi connectivity index (χ1v) is 7.72. The van der Waals surface area contributed by atoms with Gasteiger partial charge in [0.1, 0.15) is 0 Å². The predicted octanol–water partition coefficient (Wildman–Crippen LogP) is 3.25. The second-order valence-corrected chi connectivity index (χ2v) is 7.31. The van der Waals surface area contributed by atoms with Gasteiger partial charge < -0.3 is 10.4 Å². The van der Waals surface area contributed by atoms with Gasteiger partial charge in [0.2, 0.25) is 0 Å². The van der Waals surface area contributed by atoms with Crippen molar-refractivity contribution in [2.75, 3.05) is 5.32 Å². The topological polar surface area (TPSA) is 84.2 Å². The number of carbonyl (C=O) groups is 2. The Labute approximate surface area is 141 Å². The Balaban J connectivity index is 2.13. The van der Waals surface area contributed by atoms with Crippen molar-refractivity contribution in [3.8, 4) is 0 Å². The minimum atomic E-state index is -0.976. The molecular weight excluding hydrogens is 306 g/mol. The van der Waals surface area contributed by atoms with Crippen LogP contribution in [0.25, 0.3) is 0 Å². The lowest BCUT2D eigenvalue weighted by Crippen LogP contribution is -2.28. The lowest BCUT2D eigenvalue weighted by molar-refractivity contribution is -0.142. The Kier molecular flexibility index (Phi) is 4.51. The minimum absolute atomic E-state index is 0.192. The van der Waals surface area contributed by atoms with E-state index in [9.17, 15) is 14.7 Å². The summed E-state index contributed by atoms with van der Waals surface area (Å²) in [7, 11) is 0. The van der Waals surface area contributed by atoms with Gasteiger partial charge in [-0.1, -0.05) is 12.1 Å². The molecule has 0 aliphatic heterocycles. The largest absolute Gasteiger partial charge is 0.481 e. The summed E-state index contributed by atoms with van der Waals surface area (Å²) in [6.07, 6.45) is 3.24. The Morgan fingerprint density at radius 3 is 2.12 bits per heavy atom. The zero-order valence-electron chi connectivity index (χ0n) is 14.6. The Morgan fingerprint density at radius 2 is 1.67 bits per heavy atom. The number of benzene rings is 1. The van der Waals surface area contributed by atoms with Gasteiger partial charge >= 0.3 is 5.97 Å². The monoisotopic (exact) mass is 329 g/mol. The fourth-order valence-corrected chi connectivity index (χ4v) is 2.10. The molecule has 2 N–H and O–H groups in total. The van der Waals surface area contributed by atoms with Gasteiger partial charge in [0.25, 0.3) is 5.91 Å². The van der Waals surface area contributed by atoms with Gasteiger partial charge in [-0.2, -0.15) is 5.10 Å². The van der Waals surface area contributed by atoms with Crippen molar-refractivity contribution in [1.82, 2.24) is 9.78 Å². The van der Waals surface area contributed by atoms with Crippen LogP contribution in [0.1, 0.15) is 50.5 Å². The summed E-state index contributed by atoms with van der Waals surface area (Å²) in [5, 5.41) is 16.2. The number of nitrogens with one attached hydrogen (secondary N) is 1. The number of anilines is 1. The van der Waals surface area contributed by atoms with E-state index in [1.54, 1.807) is 49.0 Å². The molecule has 0 aliphatic carbocycles.